The third kappa shape index (κ3) is 16.6. The standard InChI is InChI=1S/C44H60O2S2.6CH3.2Sn/c1-3-5-7-9-11-13-15-17-19-21-33-45-41-31-35-47-43(41)39-27-23-37(24-28-39)38-25-29-40(30-26-38)44-42(32-36-48-44)46-34-22-20-18-16-14-12-10-8-6-4-2;;;;;;;;/h23-32H,3-22,33-34H2,1-2H3;6*1H3;;. The molecule has 0 atom stereocenters. The molecule has 4 aromatic rings. The van der Waals surface area contributed by atoms with Gasteiger partial charge in [-0.2, -0.15) is 0 Å². The molecule has 56 heavy (non-hydrogen) atoms. The molecule has 0 saturated heterocycles. The normalized spacial score (nSPS) is 12.1. The molecule has 0 amide bonds. The number of benzene rings is 2. The Morgan fingerprint density at radius 2 is 0.643 bits per heavy atom. The summed E-state index contributed by atoms with van der Waals surface area (Å²) in [5, 5.41) is 0. The predicted octanol–water partition coefficient (Wildman–Crippen LogP) is 16.5. The molecule has 2 nitrogen and oxygen atoms in total. The summed E-state index contributed by atoms with van der Waals surface area (Å²) in [6.45, 7) is 6.23. The van der Waals surface area contributed by atoms with E-state index in [1.165, 1.54) is 148 Å². The first kappa shape index (κ1) is 47.7. The minimum atomic E-state index is -2.25. The third-order valence-corrected chi connectivity index (χ3v) is 32.2. The van der Waals surface area contributed by atoms with Crippen LogP contribution >= 0.6 is 22.7 Å². The van der Waals surface area contributed by atoms with Gasteiger partial charge in [0.25, 0.3) is 0 Å². The average Bonchev–Trinajstić information content (AvgIpc) is 3.82. The van der Waals surface area contributed by atoms with Gasteiger partial charge >= 0.3 is 312 Å². The second-order valence-corrected chi connectivity index (χ2v) is 51.3. The Hall–Kier alpha value is -0.963. The second-order valence-electron chi connectivity index (χ2n) is 18.3. The first-order valence-electron chi connectivity index (χ1n) is 22.8. The average molecular weight is 1010 g/mol. The van der Waals surface area contributed by atoms with E-state index in [-0.39, 0.29) is 0 Å². The van der Waals surface area contributed by atoms with Crippen LogP contribution in [0, 0.1) is 0 Å². The molecule has 4 rings (SSSR count). The fourth-order valence-electron chi connectivity index (χ4n) is 7.28. The predicted molar refractivity (Wildman–Crippen MR) is 259 cm³/mol. The van der Waals surface area contributed by atoms with Gasteiger partial charge in [0.05, 0.1) is 0 Å². The summed E-state index contributed by atoms with van der Waals surface area (Å²) in [5.41, 5.74) is 5.07. The van der Waals surface area contributed by atoms with Gasteiger partial charge in [0, 0.05) is 0 Å². The van der Waals surface area contributed by atoms with Gasteiger partial charge in [-0.15, -0.1) is 0 Å². The maximum absolute atomic E-state index is 6.54. The number of hydrogen-bond acceptors (Lipinski definition) is 4. The number of unbranched alkanes of at least 4 members (excludes halogenated alkanes) is 18. The van der Waals surface area contributed by atoms with E-state index in [4.69, 9.17) is 9.47 Å². The van der Waals surface area contributed by atoms with E-state index in [9.17, 15) is 0 Å². The molecular weight excluding hydrogens is 934 g/mol. The molecular formula is C50H78O2S2Sn2. The molecule has 0 bridgehead atoms. The van der Waals surface area contributed by atoms with E-state index in [0.717, 1.165) is 37.6 Å². The fourth-order valence-corrected chi connectivity index (χ4v) is 19.8. The van der Waals surface area contributed by atoms with Crippen molar-refractivity contribution in [3.8, 4) is 43.5 Å². The molecule has 6 heteroatoms. The Morgan fingerprint density at radius 1 is 0.375 bits per heavy atom. The zero-order valence-corrected chi connectivity index (χ0v) is 44.3. The summed E-state index contributed by atoms with van der Waals surface area (Å²) >= 11 is -0.532. The van der Waals surface area contributed by atoms with Crippen molar-refractivity contribution >= 4 is 65.2 Å². The Balaban J connectivity index is 1.34. The summed E-state index contributed by atoms with van der Waals surface area (Å²) in [7, 11) is 0. The number of thiophene rings is 2. The van der Waals surface area contributed by atoms with E-state index in [1.54, 1.807) is 5.79 Å². The van der Waals surface area contributed by atoms with E-state index in [1.807, 2.05) is 22.7 Å². The Morgan fingerprint density at radius 3 is 0.929 bits per heavy atom. The van der Waals surface area contributed by atoms with Crippen molar-refractivity contribution in [2.24, 2.45) is 0 Å². The summed E-state index contributed by atoms with van der Waals surface area (Å²) in [6.07, 6.45) is 27.0. The molecule has 0 saturated carbocycles. The van der Waals surface area contributed by atoms with E-state index in [0.29, 0.717) is 0 Å². The molecule has 0 fully saturated rings. The van der Waals surface area contributed by atoms with Gasteiger partial charge in [0.15, 0.2) is 0 Å². The van der Waals surface area contributed by atoms with Crippen LogP contribution in [0.3, 0.4) is 0 Å². The van der Waals surface area contributed by atoms with Gasteiger partial charge < -0.3 is 0 Å². The van der Waals surface area contributed by atoms with Gasteiger partial charge in [-0.3, -0.25) is 0 Å². The topological polar surface area (TPSA) is 18.5 Å². The Kier molecular flexibility index (Phi) is 21.8. The molecule has 0 aliphatic heterocycles. The molecule has 2 aromatic heterocycles. The zero-order chi connectivity index (χ0) is 40.2. The Labute approximate surface area is 360 Å². The van der Waals surface area contributed by atoms with Crippen molar-refractivity contribution in [2.45, 2.75) is 172 Å². The van der Waals surface area contributed by atoms with Crippen LogP contribution in [0.5, 0.6) is 11.5 Å². The van der Waals surface area contributed by atoms with Gasteiger partial charge in [0.2, 0.25) is 0 Å². The monoisotopic (exact) mass is 1010 g/mol. The quantitative estimate of drug-likeness (QED) is 0.0399. The molecule has 0 unspecified atom stereocenters. The number of hydrogen-bond donors (Lipinski definition) is 0. The molecule has 0 spiro atoms. The van der Waals surface area contributed by atoms with Crippen LogP contribution in [-0.2, 0) is 0 Å². The van der Waals surface area contributed by atoms with Crippen molar-refractivity contribution in [1.82, 2.24) is 0 Å². The van der Waals surface area contributed by atoms with Crippen LogP contribution in [0.25, 0.3) is 32.0 Å². The molecule has 310 valence electrons. The van der Waals surface area contributed by atoms with Gasteiger partial charge in [-0.1, -0.05) is 52.4 Å². The maximum atomic E-state index is 6.54. The summed E-state index contributed by atoms with van der Waals surface area (Å²) in [4.78, 5) is 17.7. The van der Waals surface area contributed by atoms with E-state index < -0.39 is 36.8 Å². The van der Waals surface area contributed by atoms with Crippen molar-refractivity contribution in [1.29, 1.82) is 0 Å². The first-order chi connectivity index (χ1) is 27.0. The van der Waals surface area contributed by atoms with Crippen molar-refractivity contribution < 1.29 is 9.47 Å². The van der Waals surface area contributed by atoms with Crippen LogP contribution in [-0.4, -0.2) is 50.0 Å². The zero-order valence-electron chi connectivity index (χ0n) is 37.0. The molecule has 0 radical (unpaired) electrons. The van der Waals surface area contributed by atoms with E-state index >= 15 is 0 Å². The van der Waals surface area contributed by atoms with Crippen LogP contribution in [0.15, 0.2) is 60.7 Å². The van der Waals surface area contributed by atoms with E-state index in [2.05, 4.69) is 104 Å². The van der Waals surface area contributed by atoms with Crippen molar-refractivity contribution in [3.05, 3.63) is 60.7 Å². The molecule has 0 N–H and O–H groups in total. The van der Waals surface area contributed by atoms with Crippen LogP contribution in [0.1, 0.15) is 142 Å². The molecule has 0 aliphatic carbocycles. The van der Waals surface area contributed by atoms with Crippen molar-refractivity contribution in [3.63, 3.8) is 0 Å². The summed E-state index contributed by atoms with van der Waals surface area (Å²) in [6, 6.07) is 23.2. The van der Waals surface area contributed by atoms with Gasteiger partial charge in [0.1, 0.15) is 0 Å². The number of ether oxygens (including phenoxy) is 2. The van der Waals surface area contributed by atoms with Crippen LogP contribution < -0.4 is 15.3 Å². The summed E-state index contributed by atoms with van der Waals surface area (Å²) in [5.74, 6) is 2.21. The van der Waals surface area contributed by atoms with Gasteiger partial charge in [-0.05, 0) is 0 Å². The molecule has 2 heterocycles. The minimum absolute atomic E-state index is 0.820. The SMILES string of the molecule is CCCCCCCCCCCCOc1c[c]([Sn]([CH3])([CH3])[CH3])sc1-c1ccc(-c2ccc(-c3s[c]([Sn]([CH3])([CH3])[CH3])cc3OCCCCCCCCCCCC)cc2)cc1. The third-order valence-electron chi connectivity index (χ3n) is 11.0. The number of rotatable bonds is 29. The Bertz CT molecular complexity index is 1520. The van der Waals surface area contributed by atoms with Gasteiger partial charge in [-0.25, -0.2) is 0 Å². The van der Waals surface area contributed by atoms with Crippen LogP contribution in [0.2, 0.25) is 29.6 Å². The molecule has 2 aromatic carbocycles. The van der Waals surface area contributed by atoms with Crippen molar-refractivity contribution in [2.75, 3.05) is 13.2 Å². The van der Waals surface area contributed by atoms with Crippen LogP contribution in [0.4, 0.5) is 0 Å². The second kappa shape index (κ2) is 25.6. The fraction of sp³-hybridized carbons (Fsp3) is 0.600. The first-order valence-corrected chi connectivity index (χ1v) is 44.4. The molecule has 0 aliphatic rings. The summed E-state index contributed by atoms with van der Waals surface area (Å²) < 4.78 is 16.3.